The lowest BCUT2D eigenvalue weighted by Gasteiger charge is -2.16. The summed E-state index contributed by atoms with van der Waals surface area (Å²) in [7, 11) is 0. The van der Waals surface area contributed by atoms with E-state index in [0.29, 0.717) is 12.0 Å². The molecule has 0 aliphatic carbocycles. The highest BCUT2D eigenvalue weighted by atomic mass is 16.2. The van der Waals surface area contributed by atoms with Gasteiger partial charge in [0.25, 0.3) is 5.91 Å². The van der Waals surface area contributed by atoms with E-state index in [2.05, 4.69) is 5.32 Å². The summed E-state index contributed by atoms with van der Waals surface area (Å²) in [6, 6.07) is 24.2. The number of amides is 2. The molecule has 0 unspecified atom stereocenters. The van der Waals surface area contributed by atoms with Crippen molar-refractivity contribution >= 4 is 11.8 Å². The van der Waals surface area contributed by atoms with Crippen molar-refractivity contribution in [2.45, 2.75) is 19.4 Å². The molecule has 0 heterocycles. The van der Waals surface area contributed by atoms with Crippen LogP contribution in [0.3, 0.4) is 0 Å². The van der Waals surface area contributed by atoms with Gasteiger partial charge in [0, 0.05) is 12.0 Å². The SMILES string of the molecule is Cc1ccc(-c2cccc(C(=O)N[C@@H](Cc3ccccc3)C(N)=O)c2)cc1. The lowest BCUT2D eigenvalue weighted by Crippen LogP contribution is -2.45. The molecule has 0 fully saturated rings. The summed E-state index contributed by atoms with van der Waals surface area (Å²) in [5.41, 5.74) is 10.1. The van der Waals surface area contributed by atoms with E-state index in [1.54, 1.807) is 6.07 Å². The minimum atomic E-state index is -0.761. The van der Waals surface area contributed by atoms with Crippen LogP contribution in [0.4, 0.5) is 0 Å². The highest BCUT2D eigenvalue weighted by Crippen LogP contribution is 2.21. The van der Waals surface area contributed by atoms with E-state index in [1.807, 2.05) is 79.7 Å². The van der Waals surface area contributed by atoms with Crippen molar-refractivity contribution < 1.29 is 9.59 Å². The van der Waals surface area contributed by atoms with Crippen LogP contribution in [0.15, 0.2) is 78.9 Å². The predicted octanol–water partition coefficient (Wildman–Crippen LogP) is 3.49. The van der Waals surface area contributed by atoms with Crippen LogP contribution >= 0.6 is 0 Å². The maximum absolute atomic E-state index is 12.7. The Labute approximate surface area is 159 Å². The number of carbonyl (C=O) groups is 2. The molecule has 0 aromatic heterocycles. The zero-order valence-corrected chi connectivity index (χ0v) is 15.2. The molecular weight excluding hydrogens is 336 g/mol. The van der Waals surface area contributed by atoms with Crippen molar-refractivity contribution in [3.8, 4) is 11.1 Å². The molecule has 136 valence electrons. The van der Waals surface area contributed by atoms with Gasteiger partial charge in [0.15, 0.2) is 0 Å². The molecule has 1 atom stereocenters. The molecule has 3 aromatic rings. The summed E-state index contributed by atoms with van der Waals surface area (Å²) < 4.78 is 0. The highest BCUT2D eigenvalue weighted by molar-refractivity contribution is 5.98. The molecule has 0 aliphatic rings. The second-order valence-corrected chi connectivity index (χ2v) is 6.56. The summed E-state index contributed by atoms with van der Waals surface area (Å²) >= 11 is 0. The number of rotatable bonds is 6. The van der Waals surface area contributed by atoms with Crippen LogP contribution in [0.5, 0.6) is 0 Å². The van der Waals surface area contributed by atoms with Crippen LogP contribution in [-0.4, -0.2) is 17.9 Å². The average molecular weight is 358 g/mol. The third-order valence-corrected chi connectivity index (χ3v) is 4.44. The largest absolute Gasteiger partial charge is 0.368 e. The molecule has 27 heavy (non-hydrogen) atoms. The average Bonchev–Trinajstić information content (AvgIpc) is 2.69. The molecule has 2 amide bonds. The predicted molar refractivity (Wildman–Crippen MR) is 107 cm³/mol. The van der Waals surface area contributed by atoms with Gasteiger partial charge in [-0.25, -0.2) is 0 Å². The van der Waals surface area contributed by atoms with Crippen LogP contribution < -0.4 is 11.1 Å². The third-order valence-electron chi connectivity index (χ3n) is 4.44. The molecule has 0 spiro atoms. The first kappa shape index (κ1) is 18.4. The Morgan fingerprint density at radius 3 is 2.26 bits per heavy atom. The van der Waals surface area contributed by atoms with Crippen LogP contribution in [-0.2, 0) is 11.2 Å². The zero-order valence-electron chi connectivity index (χ0n) is 15.2. The Hall–Kier alpha value is -3.40. The first-order valence-electron chi connectivity index (χ1n) is 8.84. The number of hydrogen-bond donors (Lipinski definition) is 2. The zero-order chi connectivity index (χ0) is 19.2. The molecular formula is C23H22N2O2. The number of primary amides is 1. The number of nitrogens with two attached hydrogens (primary N) is 1. The molecule has 3 aromatic carbocycles. The molecule has 0 saturated carbocycles. The van der Waals surface area contributed by atoms with Crippen molar-refractivity contribution in [3.05, 3.63) is 95.6 Å². The summed E-state index contributed by atoms with van der Waals surface area (Å²) in [6.45, 7) is 2.03. The number of benzene rings is 3. The summed E-state index contributed by atoms with van der Waals surface area (Å²) in [5.74, 6) is -0.870. The van der Waals surface area contributed by atoms with Crippen molar-refractivity contribution in [1.82, 2.24) is 5.32 Å². The van der Waals surface area contributed by atoms with Gasteiger partial charge in [-0.05, 0) is 35.7 Å². The van der Waals surface area contributed by atoms with E-state index < -0.39 is 11.9 Å². The Bertz CT molecular complexity index is 934. The Morgan fingerprint density at radius 2 is 1.59 bits per heavy atom. The maximum Gasteiger partial charge on any atom is 0.251 e. The van der Waals surface area contributed by atoms with Crippen LogP contribution in [0.25, 0.3) is 11.1 Å². The Kier molecular flexibility index (Phi) is 5.67. The molecule has 4 heteroatoms. The normalized spacial score (nSPS) is 11.6. The van der Waals surface area contributed by atoms with Crippen molar-refractivity contribution in [2.75, 3.05) is 0 Å². The summed E-state index contributed by atoms with van der Waals surface area (Å²) in [4.78, 5) is 24.5. The number of hydrogen-bond acceptors (Lipinski definition) is 2. The fourth-order valence-corrected chi connectivity index (χ4v) is 2.90. The summed E-state index contributed by atoms with van der Waals surface area (Å²) in [6.07, 6.45) is 0.361. The highest BCUT2D eigenvalue weighted by Gasteiger charge is 2.19. The van der Waals surface area contributed by atoms with E-state index in [-0.39, 0.29) is 5.91 Å². The quantitative estimate of drug-likeness (QED) is 0.708. The maximum atomic E-state index is 12.7. The van der Waals surface area contributed by atoms with Crippen LogP contribution in [0.1, 0.15) is 21.5 Å². The van der Waals surface area contributed by atoms with Gasteiger partial charge in [0.2, 0.25) is 5.91 Å². The van der Waals surface area contributed by atoms with Gasteiger partial charge >= 0.3 is 0 Å². The van der Waals surface area contributed by atoms with E-state index in [4.69, 9.17) is 5.73 Å². The van der Waals surface area contributed by atoms with Crippen molar-refractivity contribution in [3.63, 3.8) is 0 Å². The molecule has 4 nitrogen and oxygen atoms in total. The van der Waals surface area contributed by atoms with E-state index in [0.717, 1.165) is 16.7 Å². The van der Waals surface area contributed by atoms with Gasteiger partial charge < -0.3 is 11.1 Å². The molecule has 0 bridgehead atoms. The van der Waals surface area contributed by atoms with E-state index in [9.17, 15) is 9.59 Å². The topological polar surface area (TPSA) is 72.2 Å². The van der Waals surface area contributed by atoms with Crippen LogP contribution in [0.2, 0.25) is 0 Å². The fraction of sp³-hybridized carbons (Fsp3) is 0.130. The Morgan fingerprint density at radius 1 is 0.889 bits per heavy atom. The van der Waals surface area contributed by atoms with E-state index in [1.165, 1.54) is 5.56 Å². The molecule has 0 radical (unpaired) electrons. The van der Waals surface area contributed by atoms with Crippen molar-refractivity contribution in [2.24, 2.45) is 5.73 Å². The smallest absolute Gasteiger partial charge is 0.251 e. The number of carbonyl (C=O) groups excluding carboxylic acids is 2. The van der Waals surface area contributed by atoms with Gasteiger partial charge in [-0.1, -0.05) is 72.3 Å². The van der Waals surface area contributed by atoms with Gasteiger partial charge in [0.1, 0.15) is 6.04 Å². The number of nitrogens with one attached hydrogen (secondary N) is 1. The fourth-order valence-electron chi connectivity index (χ4n) is 2.90. The van der Waals surface area contributed by atoms with Gasteiger partial charge in [-0.2, -0.15) is 0 Å². The third kappa shape index (κ3) is 4.82. The standard InChI is InChI=1S/C23H22N2O2/c1-16-10-12-18(13-11-16)19-8-5-9-20(15-19)23(27)25-21(22(24)26)14-17-6-3-2-4-7-17/h2-13,15,21H,14H2,1H3,(H2,24,26)(H,25,27)/t21-/m0/s1. The first-order chi connectivity index (χ1) is 13.0. The van der Waals surface area contributed by atoms with Gasteiger partial charge in [0.05, 0.1) is 0 Å². The molecule has 0 aliphatic heterocycles. The van der Waals surface area contributed by atoms with Crippen LogP contribution in [0, 0.1) is 6.92 Å². The first-order valence-corrected chi connectivity index (χ1v) is 8.84. The monoisotopic (exact) mass is 358 g/mol. The second-order valence-electron chi connectivity index (χ2n) is 6.56. The molecule has 3 rings (SSSR count). The minimum absolute atomic E-state index is 0.316. The number of aryl methyl sites for hydroxylation is 1. The lowest BCUT2D eigenvalue weighted by atomic mass is 10.0. The minimum Gasteiger partial charge on any atom is -0.368 e. The molecule has 0 saturated heterocycles. The van der Waals surface area contributed by atoms with Gasteiger partial charge in [-0.15, -0.1) is 0 Å². The molecule has 3 N–H and O–H groups in total. The van der Waals surface area contributed by atoms with Crippen molar-refractivity contribution in [1.29, 1.82) is 0 Å². The lowest BCUT2D eigenvalue weighted by molar-refractivity contribution is -0.119. The second kappa shape index (κ2) is 8.32. The Balaban J connectivity index is 1.77. The van der Waals surface area contributed by atoms with E-state index >= 15 is 0 Å². The summed E-state index contributed by atoms with van der Waals surface area (Å²) in [5, 5.41) is 2.76. The van der Waals surface area contributed by atoms with Gasteiger partial charge in [-0.3, -0.25) is 9.59 Å².